The van der Waals surface area contributed by atoms with E-state index in [1.165, 1.54) is 0 Å². The highest BCUT2D eigenvalue weighted by Gasteiger charge is 2.41. The quantitative estimate of drug-likeness (QED) is 0.679. The van der Waals surface area contributed by atoms with Crippen LogP contribution in [0.3, 0.4) is 0 Å². The van der Waals surface area contributed by atoms with Crippen LogP contribution in [0.4, 0.5) is 0 Å². The number of ether oxygens (including phenoxy) is 1. The predicted molar refractivity (Wildman–Crippen MR) is 52.7 cm³/mol. The molecule has 0 radical (unpaired) electrons. The van der Waals surface area contributed by atoms with Crippen molar-refractivity contribution in [2.24, 2.45) is 5.73 Å². The fourth-order valence-electron chi connectivity index (χ4n) is 2.26. The molecule has 14 heavy (non-hydrogen) atoms. The normalized spacial score (nSPS) is 37.1. The van der Waals surface area contributed by atoms with Crippen LogP contribution in [0, 0.1) is 0 Å². The highest BCUT2D eigenvalue weighted by atomic mass is 16.5. The summed E-state index contributed by atoms with van der Waals surface area (Å²) in [5.41, 5.74) is 5.64. The average Bonchev–Trinajstić information content (AvgIpc) is 2.77. The zero-order valence-corrected chi connectivity index (χ0v) is 8.53. The molecular formula is C10H18N2O2. The van der Waals surface area contributed by atoms with Crippen molar-refractivity contribution in [3.8, 4) is 0 Å². The lowest BCUT2D eigenvalue weighted by atomic mass is 9.95. The third kappa shape index (κ3) is 1.77. The van der Waals surface area contributed by atoms with Crippen molar-refractivity contribution in [3.05, 3.63) is 0 Å². The van der Waals surface area contributed by atoms with E-state index in [1.54, 1.807) is 0 Å². The van der Waals surface area contributed by atoms with E-state index in [1.807, 2.05) is 6.92 Å². The summed E-state index contributed by atoms with van der Waals surface area (Å²) >= 11 is 0. The third-order valence-corrected chi connectivity index (χ3v) is 3.21. The molecule has 0 aromatic carbocycles. The van der Waals surface area contributed by atoms with Crippen molar-refractivity contribution >= 4 is 5.91 Å². The number of hydrogen-bond donors (Lipinski definition) is 2. The molecule has 2 heterocycles. The lowest BCUT2D eigenvalue weighted by Gasteiger charge is -2.21. The van der Waals surface area contributed by atoms with Gasteiger partial charge in [-0.3, -0.25) is 4.79 Å². The van der Waals surface area contributed by atoms with Gasteiger partial charge in [0.2, 0.25) is 5.91 Å². The van der Waals surface area contributed by atoms with Crippen LogP contribution in [0.1, 0.15) is 32.6 Å². The van der Waals surface area contributed by atoms with E-state index in [-0.39, 0.29) is 24.1 Å². The van der Waals surface area contributed by atoms with Gasteiger partial charge in [-0.15, -0.1) is 0 Å². The minimum absolute atomic E-state index is 0.0337. The van der Waals surface area contributed by atoms with Crippen molar-refractivity contribution in [1.29, 1.82) is 0 Å². The molecule has 2 rings (SSSR count). The topological polar surface area (TPSA) is 64.4 Å². The Morgan fingerprint density at radius 1 is 1.64 bits per heavy atom. The SMILES string of the molecule is CC[C@@H](N)C(=O)NC1CC2CCC1O2. The number of nitrogens with two attached hydrogens (primary N) is 1. The molecule has 2 bridgehead atoms. The zero-order valence-electron chi connectivity index (χ0n) is 8.53. The van der Waals surface area contributed by atoms with Crippen molar-refractivity contribution in [1.82, 2.24) is 5.32 Å². The molecule has 3 N–H and O–H groups in total. The molecule has 4 heteroatoms. The number of rotatable bonds is 3. The van der Waals surface area contributed by atoms with Crippen molar-refractivity contribution in [3.63, 3.8) is 0 Å². The van der Waals surface area contributed by atoms with Crippen LogP contribution >= 0.6 is 0 Å². The van der Waals surface area contributed by atoms with Crippen LogP contribution < -0.4 is 11.1 Å². The van der Waals surface area contributed by atoms with E-state index < -0.39 is 0 Å². The monoisotopic (exact) mass is 198 g/mol. The van der Waals surface area contributed by atoms with E-state index in [2.05, 4.69) is 5.32 Å². The Kier molecular flexibility index (Phi) is 2.74. The van der Waals surface area contributed by atoms with Gasteiger partial charge in [0.05, 0.1) is 24.3 Å². The number of carbonyl (C=O) groups excluding carboxylic acids is 1. The van der Waals surface area contributed by atoms with Gasteiger partial charge in [0.1, 0.15) is 0 Å². The lowest BCUT2D eigenvalue weighted by molar-refractivity contribution is -0.123. The highest BCUT2D eigenvalue weighted by Crippen LogP contribution is 2.34. The summed E-state index contributed by atoms with van der Waals surface area (Å²) < 4.78 is 5.64. The van der Waals surface area contributed by atoms with Gasteiger partial charge in [0.15, 0.2) is 0 Å². The Balaban J connectivity index is 1.84. The fourth-order valence-corrected chi connectivity index (χ4v) is 2.26. The Hall–Kier alpha value is -0.610. The molecule has 2 fully saturated rings. The number of hydrogen-bond acceptors (Lipinski definition) is 3. The van der Waals surface area contributed by atoms with E-state index in [9.17, 15) is 4.79 Å². The van der Waals surface area contributed by atoms with Crippen LogP contribution in [0.15, 0.2) is 0 Å². The number of amides is 1. The standard InChI is InChI=1S/C10H18N2O2/c1-2-7(11)10(13)12-8-5-6-3-4-9(8)14-6/h6-9H,2-5,11H2,1H3,(H,12,13)/t6?,7-,8?,9?/m1/s1. The van der Waals surface area contributed by atoms with Crippen LogP contribution in [-0.2, 0) is 9.53 Å². The summed E-state index contributed by atoms with van der Waals surface area (Å²) in [5, 5.41) is 2.97. The van der Waals surface area contributed by atoms with Gasteiger partial charge < -0.3 is 15.8 Å². The van der Waals surface area contributed by atoms with Gasteiger partial charge in [0.25, 0.3) is 0 Å². The first-order chi connectivity index (χ1) is 6.70. The summed E-state index contributed by atoms with van der Waals surface area (Å²) in [6.45, 7) is 1.92. The molecule has 3 unspecified atom stereocenters. The van der Waals surface area contributed by atoms with Crippen LogP contribution in [0.2, 0.25) is 0 Å². The molecule has 4 atom stereocenters. The third-order valence-electron chi connectivity index (χ3n) is 3.21. The van der Waals surface area contributed by atoms with E-state index in [4.69, 9.17) is 10.5 Å². The first-order valence-electron chi connectivity index (χ1n) is 5.42. The van der Waals surface area contributed by atoms with Crippen molar-refractivity contribution in [2.45, 2.75) is 56.9 Å². The zero-order chi connectivity index (χ0) is 10.1. The second-order valence-electron chi connectivity index (χ2n) is 4.24. The van der Waals surface area contributed by atoms with Crippen LogP contribution in [-0.4, -0.2) is 30.2 Å². The summed E-state index contributed by atoms with van der Waals surface area (Å²) in [6, 6.07) is -0.159. The molecule has 0 aromatic rings. The Morgan fingerprint density at radius 2 is 2.43 bits per heavy atom. The number of nitrogens with one attached hydrogen (secondary N) is 1. The van der Waals surface area contributed by atoms with Gasteiger partial charge in [-0.1, -0.05) is 6.92 Å². The predicted octanol–water partition coefficient (Wildman–Crippen LogP) is 0.160. The molecule has 2 aliphatic heterocycles. The molecule has 2 saturated heterocycles. The molecule has 2 aliphatic rings. The molecule has 0 aromatic heterocycles. The summed E-state index contributed by atoms with van der Waals surface area (Å²) in [5.74, 6) is -0.0337. The van der Waals surface area contributed by atoms with E-state index in [0.717, 1.165) is 19.3 Å². The minimum Gasteiger partial charge on any atom is -0.373 e. The van der Waals surface area contributed by atoms with Gasteiger partial charge in [-0.05, 0) is 25.7 Å². The fraction of sp³-hybridized carbons (Fsp3) is 0.900. The van der Waals surface area contributed by atoms with Crippen LogP contribution in [0.5, 0.6) is 0 Å². The Labute approximate surface area is 84.2 Å². The van der Waals surface area contributed by atoms with E-state index in [0.29, 0.717) is 12.5 Å². The highest BCUT2D eigenvalue weighted by molar-refractivity contribution is 5.81. The number of fused-ring (bicyclic) bond motifs is 2. The summed E-state index contributed by atoms with van der Waals surface area (Å²) in [4.78, 5) is 11.5. The maximum Gasteiger partial charge on any atom is 0.237 e. The largest absolute Gasteiger partial charge is 0.373 e. The summed E-state index contributed by atoms with van der Waals surface area (Å²) in [6.07, 6.45) is 4.50. The Morgan fingerprint density at radius 3 is 2.93 bits per heavy atom. The first-order valence-corrected chi connectivity index (χ1v) is 5.42. The van der Waals surface area contributed by atoms with Gasteiger partial charge in [-0.25, -0.2) is 0 Å². The van der Waals surface area contributed by atoms with Gasteiger partial charge >= 0.3 is 0 Å². The van der Waals surface area contributed by atoms with E-state index >= 15 is 0 Å². The molecule has 0 spiro atoms. The smallest absolute Gasteiger partial charge is 0.237 e. The Bertz CT molecular complexity index is 232. The minimum atomic E-state index is -0.367. The molecule has 80 valence electrons. The van der Waals surface area contributed by atoms with Gasteiger partial charge in [-0.2, -0.15) is 0 Å². The molecule has 0 saturated carbocycles. The first kappa shape index (κ1) is 9.93. The van der Waals surface area contributed by atoms with Crippen molar-refractivity contribution < 1.29 is 9.53 Å². The molecule has 4 nitrogen and oxygen atoms in total. The maximum absolute atomic E-state index is 11.5. The summed E-state index contributed by atoms with van der Waals surface area (Å²) in [7, 11) is 0. The van der Waals surface area contributed by atoms with Crippen molar-refractivity contribution in [2.75, 3.05) is 0 Å². The molecule has 1 amide bonds. The van der Waals surface area contributed by atoms with Gasteiger partial charge in [0, 0.05) is 0 Å². The molecule has 0 aliphatic carbocycles. The number of carbonyl (C=O) groups is 1. The van der Waals surface area contributed by atoms with Crippen LogP contribution in [0.25, 0.3) is 0 Å². The second kappa shape index (κ2) is 3.87. The second-order valence-corrected chi connectivity index (χ2v) is 4.24. The lowest BCUT2D eigenvalue weighted by Crippen LogP contribution is -2.48. The maximum atomic E-state index is 11.5. The molecular weight excluding hydrogens is 180 g/mol. The average molecular weight is 198 g/mol.